The normalized spacial score (nSPS) is 11.3. The van der Waals surface area contributed by atoms with Crippen LogP contribution in [0.3, 0.4) is 0 Å². The van der Waals surface area contributed by atoms with Crippen molar-refractivity contribution in [1.82, 2.24) is 0 Å². The Balaban J connectivity index is 1.88. The molecule has 0 amide bonds. The molecule has 0 radical (unpaired) electrons. The number of halogens is 3. The smallest absolute Gasteiger partial charge is 0.258 e. The summed E-state index contributed by atoms with van der Waals surface area (Å²) >= 11 is 0. The van der Waals surface area contributed by atoms with Gasteiger partial charge in [-0.05, 0) is 34.4 Å². The first-order valence-corrected chi connectivity index (χ1v) is 7.28. The van der Waals surface area contributed by atoms with E-state index in [1.807, 2.05) is 60.1 Å². The number of hydrogen-bond acceptors (Lipinski definition) is 2. The molecule has 0 fully saturated rings. The second-order valence-corrected chi connectivity index (χ2v) is 5.14. The largest absolute Gasteiger partial charge is 0.543 e. The van der Waals surface area contributed by atoms with Crippen LogP contribution in [-0.2, 0) is 4.84 Å². The Hall–Kier alpha value is -2.79. The lowest BCUT2D eigenvalue weighted by molar-refractivity contribution is -0.311. The fraction of sp³-hybridized carbons (Fsp3) is 0.0526. The maximum Gasteiger partial charge on any atom is 0.543 e. The van der Waals surface area contributed by atoms with Gasteiger partial charge >= 0.3 is 6.36 Å². The first-order valence-electron chi connectivity index (χ1n) is 7.28. The summed E-state index contributed by atoms with van der Waals surface area (Å²) in [5, 5.41) is 0. The topological polar surface area (TPSA) is 21.3 Å². The second kappa shape index (κ2) is 6.76. The molecule has 0 aromatic heterocycles. The van der Waals surface area contributed by atoms with Crippen LogP contribution in [0.5, 0.6) is 0 Å². The van der Waals surface area contributed by atoms with Crippen molar-refractivity contribution in [1.29, 1.82) is 0 Å². The molecule has 0 saturated carbocycles. The van der Waals surface area contributed by atoms with E-state index in [0.717, 1.165) is 22.3 Å². The molecule has 0 heterocycles. The molecule has 122 valence electrons. The van der Waals surface area contributed by atoms with Gasteiger partial charge in [-0.1, -0.05) is 66.7 Å². The molecule has 2 nitrogen and oxygen atoms in total. The molecule has 0 aliphatic carbocycles. The maximum absolute atomic E-state index is 12.0. The third kappa shape index (κ3) is 3.94. The number of anilines is 1. The van der Waals surface area contributed by atoms with Crippen molar-refractivity contribution >= 4 is 5.69 Å². The number of benzene rings is 3. The highest BCUT2D eigenvalue weighted by Gasteiger charge is 2.30. The number of hydrogen-bond donors (Lipinski definition) is 1. The second-order valence-electron chi connectivity index (χ2n) is 5.14. The van der Waals surface area contributed by atoms with Crippen molar-refractivity contribution in [3.8, 4) is 22.3 Å². The van der Waals surface area contributed by atoms with E-state index >= 15 is 0 Å². The molecule has 0 spiro atoms. The highest BCUT2D eigenvalue weighted by Crippen LogP contribution is 2.32. The summed E-state index contributed by atoms with van der Waals surface area (Å²) in [5.41, 5.74) is 6.17. The summed E-state index contributed by atoms with van der Waals surface area (Å²) in [7, 11) is 0. The van der Waals surface area contributed by atoms with Gasteiger partial charge in [0.05, 0.1) is 5.69 Å². The Morgan fingerprint density at radius 3 is 1.67 bits per heavy atom. The van der Waals surface area contributed by atoms with Crippen molar-refractivity contribution in [2.24, 2.45) is 0 Å². The van der Waals surface area contributed by atoms with Crippen LogP contribution in [0.2, 0.25) is 0 Å². The van der Waals surface area contributed by atoms with Gasteiger partial charge in [0.25, 0.3) is 0 Å². The Bertz CT molecular complexity index is 799. The third-order valence-corrected chi connectivity index (χ3v) is 3.49. The van der Waals surface area contributed by atoms with Gasteiger partial charge < -0.3 is 0 Å². The first-order chi connectivity index (χ1) is 11.5. The van der Waals surface area contributed by atoms with Crippen molar-refractivity contribution in [3.63, 3.8) is 0 Å². The molecular weight excluding hydrogens is 315 g/mol. The van der Waals surface area contributed by atoms with Crippen LogP contribution in [-0.4, -0.2) is 6.36 Å². The molecule has 3 aromatic rings. The first kappa shape index (κ1) is 16.1. The monoisotopic (exact) mass is 329 g/mol. The van der Waals surface area contributed by atoms with E-state index in [-0.39, 0.29) is 5.69 Å². The Morgan fingerprint density at radius 2 is 1.12 bits per heavy atom. The fourth-order valence-corrected chi connectivity index (χ4v) is 2.44. The summed E-state index contributed by atoms with van der Waals surface area (Å²) in [5.74, 6) is 0. The van der Waals surface area contributed by atoms with Gasteiger partial charge in [-0.2, -0.15) is 4.84 Å². The molecular formula is C19H14F3NO. The van der Waals surface area contributed by atoms with Gasteiger partial charge in [-0.15, -0.1) is 13.2 Å². The minimum Gasteiger partial charge on any atom is -0.258 e. The van der Waals surface area contributed by atoms with Crippen LogP contribution < -0.4 is 5.48 Å². The van der Waals surface area contributed by atoms with E-state index in [0.29, 0.717) is 0 Å². The van der Waals surface area contributed by atoms with Gasteiger partial charge in [0.2, 0.25) is 0 Å². The summed E-state index contributed by atoms with van der Waals surface area (Å²) in [6, 6.07) is 24.4. The zero-order valence-electron chi connectivity index (χ0n) is 12.5. The molecule has 24 heavy (non-hydrogen) atoms. The fourth-order valence-electron chi connectivity index (χ4n) is 2.44. The molecule has 3 rings (SSSR count). The number of rotatable bonds is 4. The average molecular weight is 329 g/mol. The lowest BCUT2D eigenvalue weighted by Crippen LogP contribution is -2.17. The highest BCUT2D eigenvalue weighted by molar-refractivity contribution is 5.83. The van der Waals surface area contributed by atoms with Crippen molar-refractivity contribution in [2.45, 2.75) is 6.36 Å². The molecule has 3 aromatic carbocycles. The maximum atomic E-state index is 12.0. The number of nitrogens with one attached hydrogen (secondary N) is 1. The number of alkyl halides is 3. The summed E-state index contributed by atoms with van der Waals surface area (Å²) in [6.07, 6.45) is -4.72. The highest BCUT2D eigenvalue weighted by atomic mass is 19.4. The van der Waals surface area contributed by atoms with Crippen molar-refractivity contribution in [3.05, 3.63) is 78.9 Å². The lowest BCUT2D eigenvalue weighted by atomic mass is 9.94. The summed E-state index contributed by atoms with van der Waals surface area (Å²) < 4.78 is 36.1. The van der Waals surface area contributed by atoms with E-state index in [1.54, 1.807) is 24.3 Å². The Labute approximate surface area is 137 Å². The van der Waals surface area contributed by atoms with E-state index in [2.05, 4.69) is 4.84 Å². The zero-order valence-corrected chi connectivity index (χ0v) is 12.5. The predicted octanol–water partition coefficient (Wildman–Crippen LogP) is 5.88. The van der Waals surface area contributed by atoms with Crippen LogP contribution >= 0.6 is 0 Å². The summed E-state index contributed by atoms with van der Waals surface area (Å²) in [4.78, 5) is 3.60. The van der Waals surface area contributed by atoms with E-state index in [9.17, 15) is 13.2 Å². The molecule has 0 bridgehead atoms. The van der Waals surface area contributed by atoms with Gasteiger partial charge in [0.1, 0.15) is 0 Å². The standard InChI is InChI=1S/C19H14F3NO/c20-19(21,22)24-23-16-12-10-15(11-13-16)18-9-5-4-8-17(18)14-6-2-1-3-7-14/h1-13,23H. The van der Waals surface area contributed by atoms with E-state index < -0.39 is 6.36 Å². The van der Waals surface area contributed by atoms with Crippen molar-refractivity contribution < 1.29 is 18.0 Å². The van der Waals surface area contributed by atoms with Gasteiger partial charge in [-0.3, -0.25) is 5.48 Å². The zero-order chi connectivity index (χ0) is 17.0. The quantitative estimate of drug-likeness (QED) is 0.603. The molecule has 0 aliphatic rings. The predicted molar refractivity (Wildman–Crippen MR) is 88.1 cm³/mol. The Morgan fingerprint density at radius 1 is 0.625 bits per heavy atom. The van der Waals surface area contributed by atoms with Gasteiger partial charge in [0, 0.05) is 0 Å². The van der Waals surface area contributed by atoms with Crippen LogP contribution in [0, 0.1) is 0 Å². The minimum absolute atomic E-state index is 0.230. The van der Waals surface area contributed by atoms with Crippen LogP contribution in [0.25, 0.3) is 22.3 Å². The van der Waals surface area contributed by atoms with E-state index in [4.69, 9.17) is 0 Å². The van der Waals surface area contributed by atoms with Crippen molar-refractivity contribution in [2.75, 3.05) is 5.48 Å². The van der Waals surface area contributed by atoms with E-state index in [1.165, 1.54) is 0 Å². The molecule has 0 unspecified atom stereocenters. The minimum atomic E-state index is -4.72. The average Bonchev–Trinajstić information content (AvgIpc) is 2.61. The Kier molecular flexibility index (Phi) is 4.53. The molecule has 0 aliphatic heterocycles. The van der Waals surface area contributed by atoms with Crippen LogP contribution in [0.1, 0.15) is 0 Å². The van der Waals surface area contributed by atoms with Gasteiger partial charge in [0.15, 0.2) is 0 Å². The molecule has 0 atom stereocenters. The molecule has 5 heteroatoms. The molecule has 0 saturated heterocycles. The SMILES string of the molecule is FC(F)(F)ONc1ccc(-c2ccccc2-c2ccccc2)cc1. The van der Waals surface area contributed by atoms with Gasteiger partial charge in [-0.25, -0.2) is 0 Å². The van der Waals surface area contributed by atoms with Crippen LogP contribution in [0.4, 0.5) is 18.9 Å². The third-order valence-electron chi connectivity index (χ3n) is 3.49. The molecule has 1 N–H and O–H groups in total. The van der Waals surface area contributed by atoms with Crippen LogP contribution in [0.15, 0.2) is 78.9 Å². The summed E-state index contributed by atoms with van der Waals surface area (Å²) in [6.45, 7) is 0. The lowest BCUT2D eigenvalue weighted by Gasteiger charge is -2.12.